The molecule has 0 atom stereocenters. The van der Waals surface area contributed by atoms with Gasteiger partial charge in [-0.3, -0.25) is 34.4 Å². The van der Waals surface area contributed by atoms with Crippen LogP contribution in [-0.4, -0.2) is 34.2 Å². The van der Waals surface area contributed by atoms with Crippen molar-refractivity contribution in [2.75, 3.05) is 16.5 Å². The lowest BCUT2D eigenvalue weighted by molar-refractivity contribution is -0.113. The largest absolute Gasteiger partial charge is 0.308 e. The number of para-hydroxylation sites is 2. The van der Waals surface area contributed by atoms with Crippen molar-refractivity contribution in [2.24, 2.45) is 0 Å². The first-order valence-electron chi connectivity index (χ1n) is 12.4. The Hall–Kier alpha value is -5.44. The number of ketones is 2. The summed E-state index contributed by atoms with van der Waals surface area (Å²) in [6.45, 7) is 2.17. The predicted molar refractivity (Wildman–Crippen MR) is 148 cm³/mol. The molecule has 2 aliphatic heterocycles. The molecule has 1 aliphatic carbocycles. The fourth-order valence-corrected chi connectivity index (χ4v) is 4.99. The molecule has 0 unspecified atom stereocenters. The zero-order valence-corrected chi connectivity index (χ0v) is 20.9. The minimum absolute atomic E-state index is 0.0942. The number of H-pyrrole nitrogens is 2. The molecule has 3 N–H and O–H groups in total. The number of nitrogens with one attached hydrogen (secondary N) is 3. The Balaban J connectivity index is 1.58. The molecule has 0 bridgehead atoms. The molecule has 3 aromatic rings. The number of hydrazine groups is 1. The van der Waals surface area contributed by atoms with Crippen molar-refractivity contribution in [3.63, 3.8) is 0 Å². The first kappa shape index (κ1) is 23.9. The Morgan fingerprint density at radius 1 is 0.872 bits per heavy atom. The van der Waals surface area contributed by atoms with Gasteiger partial charge in [0.1, 0.15) is 5.57 Å². The average molecular weight is 518 g/mol. The standard InChI is InChI=1S/C30H23N5O4/c1-2-34-23-14-8-6-12-20(23)28(37)25(30(34)39)26-22(29(38)33-32-26)16-18-17-31-35(19-10-4-3-5-11-19)27(18)21-13-7-9-15-24(21)36/h3-17,31-32H,2H2,1H3,(H,33,38)/b22-16-,26-25+,27-21-. The lowest BCUT2D eigenvalue weighted by Gasteiger charge is -2.28. The Morgan fingerprint density at radius 3 is 2.38 bits per heavy atom. The Morgan fingerprint density at radius 2 is 1.62 bits per heavy atom. The van der Waals surface area contributed by atoms with Crippen LogP contribution in [0.25, 0.3) is 11.6 Å². The monoisotopic (exact) mass is 517 g/mol. The number of benzene rings is 2. The maximum Gasteiger partial charge on any atom is 0.271 e. The zero-order valence-electron chi connectivity index (χ0n) is 20.9. The summed E-state index contributed by atoms with van der Waals surface area (Å²) in [6, 6.07) is 16.3. The molecule has 192 valence electrons. The molecule has 0 spiro atoms. The van der Waals surface area contributed by atoms with Crippen LogP contribution >= 0.6 is 0 Å². The summed E-state index contributed by atoms with van der Waals surface area (Å²) in [5.74, 6) is -1.16. The molecule has 6 rings (SSSR count). The van der Waals surface area contributed by atoms with Crippen LogP contribution in [0.2, 0.25) is 0 Å². The van der Waals surface area contributed by atoms with E-state index >= 15 is 0 Å². The van der Waals surface area contributed by atoms with E-state index < -0.39 is 17.2 Å². The Bertz CT molecular complexity index is 1850. The smallest absolute Gasteiger partial charge is 0.271 e. The number of amides is 1. The SMILES string of the molecule is CCN1C(=O)/C(=c2/[nH][nH]c(=O)/c2=C\C2=CNN(c3ccccc3)/C2=C2/C=CC=CC2=O)C(=O)c2ccccc21. The summed E-state index contributed by atoms with van der Waals surface area (Å²) in [4.78, 5) is 54.5. The first-order valence-corrected chi connectivity index (χ1v) is 12.4. The second kappa shape index (κ2) is 9.46. The van der Waals surface area contributed by atoms with Gasteiger partial charge in [0.15, 0.2) is 5.78 Å². The molecule has 0 radical (unpaired) electrons. The van der Waals surface area contributed by atoms with Crippen LogP contribution in [0.3, 0.4) is 0 Å². The second-order valence-electron chi connectivity index (χ2n) is 9.03. The van der Waals surface area contributed by atoms with Crippen molar-refractivity contribution in [1.82, 2.24) is 15.6 Å². The van der Waals surface area contributed by atoms with Gasteiger partial charge in [-0.25, -0.2) is 0 Å². The van der Waals surface area contributed by atoms with Crippen molar-refractivity contribution in [1.29, 1.82) is 0 Å². The van der Waals surface area contributed by atoms with E-state index in [4.69, 9.17) is 0 Å². The summed E-state index contributed by atoms with van der Waals surface area (Å²) in [5, 5.41) is 7.23. The van der Waals surface area contributed by atoms with Crippen LogP contribution in [0.15, 0.2) is 107 Å². The van der Waals surface area contributed by atoms with Crippen LogP contribution < -0.4 is 31.5 Å². The van der Waals surface area contributed by atoms with Gasteiger partial charge < -0.3 is 10.3 Å². The first-order chi connectivity index (χ1) is 19.0. The van der Waals surface area contributed by atoms with E-state index in [1.54, 1.807) is 59.8 Å². The number of carbonyl (C=O) groups is 3. The minimum atomic E-state index is -0.506. The van der Waals surface area contributed by atoms with E-state index in [-0.39, 0.29) is 21.9 Å². The molecule has 39 heavy (non-hydrogen) atoms. The summed E-state index contributed by atoms with van der Waals surface area (Å²) < 4.78 is 0. The lowest BCUT2D eigenvalue weighted by atomic mass is 9.94. The molecule has 0 saturated carbocycles. The molecule has 9 heteroatoms. The third kappa shape index (κ3) is 3.88. The molecule has 9 nitrogen and oxygen atoms in total. The highest BCUT2D eigenvalue weighted by Crippen LogP contribution is 2.32. The number of aromatic amines is 2. The number of rotatable bonds is 3. The van der Waals surface area contributed by atoms with Gasteiger partial charge in [0.05, 0.1) is 27.6 Å². The van der Waals surface area contributed by atoms with Crippen molar-refractivity contribution in [2.45, 2.75) is 6.92 Å². The zero-order chi connectivity index (χ0) is 27.1. The quantitative estimate of drug-likeness (QED) is 0.456. The highest BCUT2D eigenvalue weighted by atomic mass is 16.2. The topological polar surface area (TPSA) is 118 Å². The van der Waals surface area contributed by atoms with Crippen molar-refractivity contribution < 1.29 is 14.4 Å². The molecule has 3 heterocycles. The van der Waals surface area contributed by atoms with Gasteiger partial charge in [-0.05, 0) is 49.4 Å². The van der Waals surface area contributed by atoms with Gasteiger partial charge in [0, 0.05) is 29.5 Å². The Kier molecular flexibility index (Phi) is 5.80. The van der Waals surface area contributed by atoms with Crippen molar-refractivity contribution in [3.05, 3.63) is 128 Å². The lowest BCUT2D eigenvalue weighted by Crippen LogP contribution is -2.45. The van der Waals surface area contributed by atoms with Crippen molar-refractivity contribution >= 4 is 40.5 Å². The molecular formula is C30H23N5O4. The van der Waals surface area contributed by atoms with Crippen LogP contribution in [0, 0.1) is 0 Å². The number of nitrogens with zero attached hydrogens (tertiary/aromatic N) is 2. The average Bonchev–Trinajstić information content (AvgIpc) is 3.53. The van der Waals surface area contributed by atoms with Gasteiger partial charge in [-0.2, -0.15) is 0 Å². The summed E-state index contributed by atoms with van der Waals surface area (Å²) >= 11 is 0. The summed E-state index contributed by atoms with van der Waals surface area (Å²) in [5.41, 5.74) is 5.71. The number of carbonyl (C=O) groups excluding carboxylic acids is 3. The third-order valence-electron chi connectivity index (χ3n) is 6.81. The van der Waals surface area contributed by atoms with Crippen LogP contribution in [0.1, 0.15) is 17.3 Å². The number of allylic oxidation sites excluding steroid dienone is 6. The molecule has 1 amide bonds. The molecular weight excluding hydrogens is 494 g/mol. The normalized spacial score (nSPS) is 20.5. The van der Waals surface area contributed by atoms with E-state index in [1.807, 2.05) is 37.3 Å². The Labute approximate surface area is 222 Å². The number of aromatic nitrogens is 2. The van der Waals surface area contributed by atoms with Gasteiger partial charge in [0.2, 0.25) is 5.78 Å². The van der Waals surface area contributed by atoms with E-state index in [9.17, 15) is 19.2 Å². The third-order valence-corrected chi connectivity index (χ3v) is 6.81. The molecule has 1 aromatic heterocycles. The maximum absolute atomic E-state index is 13.5. The highest BCUT2D eigenvalue weighted by Gasteiger charge is 2.35. The van der Waals surface area contributed by atoms with Crippen LogP contribution in [-0.2, 0) is 9.59 Å². The van der Waals surface area contributed by atoms with Gasteiger partial charge in [-0.1, -0.05) is 42.5 Å². The van der Waals surface area contributed by atoms with E-state index in [1.165, 1.54) is 11.0 Å². The molecule has 3 aliphatic rings. The fraction of sp³-hybridized carbons (Fsp3) is 0.0667. The molecule has 0 fully saturated rings. The summed E-state index contributed by atoms with van der Waals surface area (Å²) in [6.07, 6.45) is 9.87. The van der Waals surface area contributed by atoms with Crippen molar-refractivity contribution in [3.8, 4) is 0 Å². The molecule has 0 saturated heterocycles. The molecule has 2 aromatic carbocycles. The number of hydrogen-bond acceptors (Lipinski definition) is 6. The van der Waals surface area contributed by atoms with E-state index in [2.05, 4.69) is 15.6 Å². The minimum Gasteiger partial charge on any atom is -0.308 e. The summed E-state index contributed by atoms with van der Waals surface area (Å²) in [7, 11) is 0. The van der Waals surface area contributed by atoms with Crippen LogP contribution in [0.5, 0.6) is 0 Å². The number of Topliss-reactive ketones (excluding diaryl/α,β-unsaturated/α-hetero) is 1. The number of fused-ring (bicyclic) bond motifs is 1. The van der Waals surface area contributed by atoms with Crippen LogP contribution in [0.4, 0.5) is 11.4 Å². The number of anilines is 2. The second-order valence-corrected chi connectivity index (χ2v) is 9.03. The fourth-order valence-electron chi connectivity index (χ4n) is 4.99. The maximum atomic E-state index is 13.5. The van der Waals surface area contributed by atoms with Gasteiger partial charge in [0.25, 0.3) is 11.5 Å². The van der Waals surface area contributed by atoms with Gasteiger partial charge >= 0.3 is 0 Å². The number of hydrogen-bond donors (Lipinski definition) is 3. The van der Waals surface area contributed by atoms with E-state index in [0.29, 0.717) is 34.6 Å². The highest BCUT2D eigenvalue weighted by molar-refractivity contribution is 6.51. The van der Waals surface area contributed by atoms with Gasteiger partial charge in [-0.15, -0.1) is 0 Å². The van der Waals surface area contributed by atoms with E-state index in [0.717, 1.165) is 5.69 Å². The predicted octanol–water partition coefficient (Wildman–Crippen LogP) is 1.74.